The van der Waals surface area contributed by atoms with Crippen molar-refractivity contribution in [3.8, 4) is 21.8 Å². The van der Waals surface area contributed by atoms with Gasteiger partial charge in [-0.3, -0.25) is 14.3 Å². The number of nitrogens with two attached hydrogens (primary N) is 1. The molecule has 2 aromatic heterocycles. The molecule has 0 unspecified atom stereocenters. The average molecular weight is 393 g/mol. The molecule has 0 aliphatic rings. The van der Waals surface area contributed by atoms with Crippen molar-refractivity contribution in [1.29, 1.82) is 0 Å². The minimum atomic E-state index is -0.523. The van der Waals surface area contributed by atoms with Gasteiger partial charge >= 0.3 is 5.69 Å². The third kappa shape index (κ3) is 2.87. The molecule has 0 amide bonds. The van der Waals surface area contributed by atoms with Crippen LogP contribution in [0.15, 0.2) is 43.7 Å². The van der Waals surface area contributed by atoms with E-state index >= 15 is 0 Å². The molecule has 8 heteroatoms. The minimum absolute atomic E-state index is 0.133. The minimum Gasteiger partial charge on any atom is -0.384 e. The summed E-state index contributed by atoms with van der Waals surface area (Å²) in [5.41, 5.74) is 6.60. The molecule has 1 aromatic carbocycles. The zero-order chi connectivity index (χ0) is 16.6. The number of thiazole rings is 1. The summed E-state index contributed by atoms with van der Waals surface area (Å²) < 4.78 is 2.30. The molecule has 0 fully saturated rings. The highest BCUT2D eigenvalue weighted by Gasteiger charge is 2.16. The topological polar surface area (TPSA) is 93.8 Å². The van der Waals surface area contributed by atoms with Gasteiger partial charge in [0.05, 0.1) is 5.69 Å². The number of nitrogen functional groups attached to an aromatic ring is 1. The lowest BCUT2D eigenvalue weighted by atomic mass is 10.2. The number of aromatic nitrogens is 3. The van der Waals surface area contributed by atoms with Gasteiger partial charge in [-0.15, -0.1) is 11.3 Å². The number of nitrogens with zero attached hydrogens (tertiary/aromatic N) is 2. The smallest absolute Gasteiger partial charge is 0.329 e. The first-order valence-electron chi connectivity index (χ1n) is 6.85. The number of H-pyrrole nitrogens is 1. The van der Waals surface area contributed by atoms with E-state index in [-0.39, 0.29) is 11.4 Å². The van der Waals surface area contributed by atoms with E-state index < -0.39 is 11.2 Å². The summed E-state index contributed by atoms with van der Waals surface area (Å²) in [5.74, 6) is 0.133. The molecule has 3 aromatic rings. The predicted octanol–water partition coefficient (Wildman–Crippen LogP) is 2.69. The molecular formula is C15H13BrN4O2S. The van der Waals surface area contributed by atoms with Gasteiger partial charge in [-0.05, 0) is 19.1 Å². The maximum Gasteiger partial charge on any atom is 0.329 e. The largest absolute Gasteiger partial charge is 0.384 e. The Morgan fingerprint density at radius 1 is 1.30 bits per heavy atom. The number of benzene rings is 1. The van der Waals surface area contributed by atoms with E-state index in [2.05, 4.69) is 25.9 Å². The molecule has 0 atom stereocenters. The Labute approximate surface area is 143 Å². The quantitative estimate of drug-likeness (QED) is 0.716. The van der Waals surface area contributed by atoms with Crippen LogP contribution in [-0.2, 0) is 6.54 Å². The van der Waals surface area contributed by atoms with Crippen LogP contribution >= 0.6 is 27.3 Å². The lowest BCUT2D eigenvalue weighted by Crippen LogP contribution is -2.32. The lowest BCUT2D eigenvalue weighted by molar-refractivity contribution is 0.706. The van der Waals surface area contributed by atoms with E-state index in [0.717, 1.165) is 15.0 Å². The van der Waals surface area contributed by atoms with Crippen molar-refractivity contribution in [2.75, 3.05) is 5.73 Å². The molecular weight excluding hydrogens is 380 g/mol. The second kappa shape index (κ2) is 6.13. The van der Waals surface area contributed by atoms with Crippen LogP contribution < -0.4 is 17.0 Å². The summed E-state index contributed by atoms with van der Waals surface area (Å²) in [6, 6.07) is 7.73. The molecule has 0 bridgehead atoms. The van der Waals surface area contributed by atoms with Gasteiger partial charge in [-0.2, -0.15) is 0 Å². The summed E-state index contributed by atoms with van der Waals surface area (Å²) in [6.45, 7) is 2.16. The molecule has 118 valence electrons. The summed E-state index contributed by atoms with van der Waals surface area (Å²) in [7, 11) is 0. The van der Waals surface area contributed by atoms with Crippen molar-refractivity contribution in [3.05, 3.63) is 55.0 Å². The van der Waals surface area contributed by atoms with Gasteiger partial charge in [0.25, 0.3) is 5.56 Å². The molecule has 0 radical (unpaired) electrons. The highest BCUT2D eigenvalue weighted by molar-refractivity contribution is 9.10. The second-order valence-electron chi connectivity index (χ2n) is 4.81. The molecule has 0 saturated heterocycles. The SMILES string of the molecule is CCn1c(N)c(-c2csc(-c3ccc(Br)cc3)n2)c(=O)[nH]c1=O. The van der Waals surface area contributed by atoms with Crippen molar-refractivity contribution in [3.63, 3.8) is 0 Å². The molecule has 6 nitrogen and oxygen atoms in total. The lowest BCUT2D eigenvalue weighted by Gasteiger charge is -2.08. The first kappa shape index (κ1) is 15.7. The van der Waals surface area contributed by atoms with E-state index in [1.165, 1.54) is 15.9 Å². The number of aromatic amines is 1. The van der Waals surface area contributed by atoms with Crippen LogP contribution in [0, 0.1) is 0 Å². The van der Waals surface area contributed by atoms with Crippen LogP contribution in [0.25, 0.3) is 21.8 Å². The third-order valence-corrected chi connectivity index (χ3v) is 4.83. The van der Waals surface area contributed by atoms with Crippen LogP contribution in [0.1, 0.15) is 6.92 Å². The van der Waals surface area contributed by atoms with Crippen LogP contribution in [0.2, 0.25) is 0 Å². The molecule has 0 saturated carbocycles. The number of anilines is 1. The van der Waals surface area contributed by atoms with Crippen molar-refractivity contribution < 1.29 is 0 Å². The van der Waals surface area contributed by atoms with Gasteiger partial charge in [0.15, 0.2) is 0 Å². The number of hydrogen-bond donors (Lipinski definition) is 2. The Morgan fingerprint density at radius 3 is 2.65 bits per heavy atom. The summed E-state index contributed by atoms with van der Waals surface area (Å²) in [6.07, 6.45) is 0. The summed E-state index contributed by atoms with van der Waals surface area (Å²) >= 11 is 4.81. The highest BCUT2D eigenvalue weighted by Crippen LogP contribution is 2.30. The molecule has 0 aliphatic carbocycles. The molecule has 0 aliphatic heterocycles. The van der Waals surface area contributed by atoms with E-state index in [9.17, 15) is 9.59 Å². The average Bonchev–Trinajstić information content (AvgIpc) is 2.97. The fourth-order valence-electron chi connectivity index (χ4n) is 2.26. The van der Waals surface area contributed by atoms with Crippen LogP contribution in [-0.4, -0.2) is 14.5 Å². The van der Waals surface area contributed by atoms with Gasteiger partial charge in [-0.25, -0.2) is 9.78 Å². The Balaban J connectivity index is 2.13. The fourth-order valence-corrected chi connectivity index (χ4v) is 3.34. The number of nitrogens with one attached hydrogen (secondary N) is 1. The fraction of sp³-hybridized carbons (Fsp3) is 0.133. The van der Waals surface area contributed by atoms with E-state index in [4.69, 9.17) is 5.73 Å². The molecule has 3 rings (SSSR count). The first-order chi connectivity index (χ1) is 11.0. The Morgan fingerprint density at radius 2 is 2.00 bits per heavy atom. The van der Waals surface area contributed by atoms with Crippen LogP contribution in [0.4, 0.5) is 5.82 Å². The molecule has 2 heterocycles. The monoisotopic (exact) mass is 392 g/mol. The number of rotatable bonds is 3. The van der Waals surface area contributed by atoms with Crippen LogP contribution in [0.5, 0.6) is 0 Å². The van der Waals surface area contributed by atoms with Gasteiger partial charge < -0.3 is 5.73 Å². The third-order valence-electron chi connectivity index (χ3n) is 3.41. The van der Waals surface area contributed by atoms with E-state index in [0.29, 0.717) is 12.2 Å². The van der Waals surface area contributed by atoms with Crippen molar-refractivity contribution in [2.45, 2.75) is 13.5 Å². The van der Waals surface area contributed by atoms with Gasteiger partial charge in [0.1, 0.15) is 16.4 Å². The molecule has 3 N–H and O–H groups in total. The van der Waals surface area contributed by atoms with Gasteiger partial charge in [0, 0.05) is 22.0 Å². The number of hydrogen-bond acceptors (Lipinski definition) is 5. The Hall–Kier alpha value is -2.19. The Kier molecular flexibility index (Phi) is 4.18. The van der Waals surface area contributed by atoms with Crippen molar-refractivity contribution in [2.24, 2.45) is 0 Å². The second-order valence-corrected chi connectivity index (χ2v) is 6.58. The van der Waals surface area contributed by atoms with Crippen LogP contribution in [0.3, 0.4) is 0 Å². The molecule has 23 heavy (non-hydrogen) atoms. The zero-order valence-electron chi connectivity index (χ0n) is 12.2. The number of halogens is 1. The summed E-state index contributed by atoms with van der Waals surface area (Å²) in [5, 5.41) is 2.54. The maximum absolute atomic E-state index is 12.1. The van der Waals surface area contributed by atoms with Crippen molar-refractivity contribution in [1.82, 2.24) is 14.5 Å². The van der Waals surface area contributed by atoms with E-state index in [1.54, 1.807) is 12.3 Å². The van der Waals surface area contributed by atoms with Crippen molar-refractivity contribution >= 4 is 33.1 Å². The predicted molar refractivity (Wildman–Crippen MR) is 95.7 cm³/mol. The summed E-state index contributed by atoms with van der Waals surface area (Å²) in [4.78, 5) is 30.6. The standard InChI is InChI=1S/C15H13BrN4O2S/c1-2-20-12(17)11(13(21)19-15(20)22)10-7-23-14(18-10)8-3-5-9(16)6-4-8/h3-7H,2,17H2,1H3,(H,19,21,22). The highest BCUT2D eigenvalue weighted by atomic mass is 79.9. The van der Waals surface area contributed by atoms with Gasteiger partial charge in [0.2, 0.25) is 0 Å². The first-order valence-corrected chi connectivity index (χ1v) is 8.53. The Bertz CT molecular complexity index is 972. The normalized spacial score (nSPS) is 10.9. The zero-order valence-corrected chi connectivity index (χ0v) is 14.6. The maximum atomic E-state index is 12.1. The van der Waals surface area contributed by atoms with E-state index in [1.807, 2.05) is 24.3 Å². The molecule has 0 spiro atoms. The van der Waals surface area contributed by atoms with Gasteiger partial charge in [-0.1, -0.05) is 28.1 Å².